The molecule has 0 saturated carbocycles. The van der Waals surface area contributed by atoms with Gasteiger partial charge in [-0.2, -0.15) is 0 Å². The summed E-state index contributed by atoms with van der Waals surface area (Å²) >= 11 is 1.32. The molecule has 2 amide bonds. The highest BCUT2D eigenvalue weighted by molar-refractivity contribution is 7.99. The maximum atomic E-state index is 13.4. The number of hydrogen-bond donors (Lipinski definition) is 1. The van der Waals surface area contributed by atoms with Gasteiger partial charge in [0.25, 0.3) is 0 Å². The molecule has 1 aromatic heterocycles. The zero-order chi connectivity index (χ0) is 21.8. The van der Waals surface area contributed by atoms with Crippen LogP contribution < -0.4 is 15.4 Å². The molecule has 0 radical (unpaired) electrons. The topological polar surface area (TPSA) is 103 Å². The summed E-state index contributed by atoms with van der Waals surface area (Å²) in [5.74, 6) is 1.12. The molecule has 1 aliphatic rings. The lowest BCUT2D eigenvalue weighted by molar-refractivity contribution is -0.118. The number of hydrogen-bond acceptors (Lipinski definition) is 6. The molecule has 0 bridgehead atoms. The summed E-state index contributed by atoms with van der Waals surface area (Å²) in [6.45, 7) is 0.388. The fourth-order valence-electron chi connectivity index (χ4n) is 3.54. The maximum Gasteiger partial charge on any atom is 0.238 e. The number of primary amides is 1. The number of ether oxygens (including phenoxy) is 1. The number of aromatic nitrogens is 3. The number of benzene rings is 2. The Balaban J connectivity index is 1.53. The van der Waals surface area contributed by atoms with Crippen LogP contribution in [0.4, 0.5) is 5.69 Å². The second kappa shape index (κ2) is 9.22. The highest BCUT2D eigenvalue weighted by Gasteiger charge is 2.33. The van der Waals surface area contributed by atoms with Crippen molar-refractivity contribution in [2.45, 2.75) is 24.0 Å². The highest BCUT2D eigenvalue weighted by atomic mass is 32.2. The second-order valence-electron chi connectivity index (χ2n) is 7.18. The van der Waals surface area contributed by atoms with Gasteiger partial charge >= 0.3 is 0 Å². The number of amides is 2. The van der Waals surface area contributed by atoms with E-state index in [2.05, 4.69) is 10.2 Å². The van der Waals surface area contributed by atoms with Gasteiger partial charge in [0, 0.05) is 19.9 Å². The molecule has 4 rings (SSSR count). The fourth-order valence-corrected chi connectivity index (χ4v) is 4.33. The Hall–Kier alpha value is -3.33. The van der Waals surface area contributed by atoms with Gasteiger partial charge in [0.1, 0.15) is 18.2 Å². The van der Waals surface area contributed by atoms with Crippen LogP contribution in [0.2, 0.25) is 0 Å². The van der Waals surface area contributed by atoms with Crippen LogP contribution in [0.15, 0.2) is 59.8 Å². The first-order chi connectivity index (χ1) is 15.0. The van der Waals surface area contributed by atoms with E-state index in [1.807, 2.05) is 66.5 Å². The van der Waals surface area contributed by atoms with E-state index < -0.39 is 0 Å². The van der Waals surface area contributed by atoms with Gasteiger partial charge in [-0.15, -0.1) is 10.2 Å². The Morgan fingerprint density at radius 2 is 1.87 bits per heavy atom. The van der Waals surface area contributed by atoms with Gasteiger partial charge in [-0.25, -0.2) is 0 Å². The molecule has 2 N–H and O–H groups in total. The lowest BCUT2D eigenvalue weighted by Gasteiger charge is -2.37. The summed E-state index contributed by atoms with van der Waals surface area (Å²) in [6.07, 6.45) is 0.624. The first-order valence-electron chi connectivity index (χ1n) is 9.93. The largest absolute Gasteiger partial charge is 0.489 e. The summed E-state index contributed by atoms with van der Waals surface area (Å²) in [6, 6.07) is 17.2. The molecule has 160 valence electrons. The molecule has 2 aromatic carbocycles. The molecular weight excluding hydrogens is 414 g/mol. The SMILES string of the molecule is Cn1c(CCC(N)=O)nnc1SCC(=O)N1c2ccccc2OCC1c1ccccc1. The van der Waals surface area contributed by atoms with Crippen LogP contribution in [-0.4, -0.2) is 38.9 Å². The van der Waals surface area contributed by atoms with Crippen LogP contribution >= 0.6 is 11.8 Å². The maximum absolute atomic E-state index is 13.4. The number of thioether (sulfide) groups is 1. The van der Waals surface area contributed by atoms with E-state index in [0.717, 1.165) is 11.3 Å². The first kappa shape index (κ1) is 20.9. The fraction of sp³-hybridized carbons (Fsp3) is 0.273. The van der Waals surface area contributed by atoms with Crippen LogP contribution in [0.5, 0.6) is 5.75 Å². The molecule has 0 saturated heterocycles. The lowest BCUT2D eigenvalue weighted by atomic mass is 10.0. The van der Waals surface area contributed by atoms with E-state index in [-0.39, 0.29) is 30.0 Å². The Morgan fingerprint density at radius 3 is 2.65 bits per heavy atom. The van der Waals surface area contributed by atoms with Crippen molar-refractivity contribution in [3.05, 3.63) is 66.0 Å². The third kappa shape index (κ3) is 4.56. The van der Waals surface area contributed by atoms with Crippen LogP contribution in [0.1, 0.15) is 23.9 Å². The molecule has 0 aliphatic carbocycles. The Labute approximate surface area is 184 Å². The summed E-state index contributed by atoms with van der Waals surface area (Å²) in [5, 5.41) is 8.89. The van der Waals surface area contributed by atoms with Gasteiger partial charge in [0.15, 0.2) is 5.16 Å². The lowest BCUT2D eigenvalue weighted by Crippen LogP contribution is -2.42. The number of carbonyl (C=O) groups excluding carboxylic acids is 2. The van der Waals surface area contributed by atoms with Crippen molar-refractivity contribution in [2.75, 3.05) is 17.3 Å². The second-order valence-corrected chi connectivity index (χ2v) is 8.12. The van der Waals surface area contributed by atoms with E-state index in [1.165, 1.54) is 11.8 Å². The molecule has 31 heavy (non-hydrogen) atoms. The van der Waals surface area contributed by atoms with Crippen LogP contribution in [0.3, 0.4) is 0 Å². The molecule has 3 aromatic rings. The van der Waals surface area contributed by atoms with Crippen molar-refractivity contribution >= 4 is 29.3 Å². The van der Waals surface area contributed by atoms with Gasteiger partial charge in [0.05, 0.1) is 17.5 Å². The quantitative estimate of drug-likeness (QED) is 0.570. The molecule has 1 atom stereocenters. The average molecular weight is 438 g/mol. The van der Waals surface area contributed by atoms with Crippen LogP contribution in [-0.2, 0) is 23.1 Å². The minimum absolute atomic E-state index is 0.0451. The monoisotopic (exact) mass is 437 g/mol. The molecule has 0 spiro atoms. The van der Waals surface area contributed by atoms with Crippen molar-refractivity contribution in [2.24, 2.45) is 12.8 Å². The van der Waals surface area contributed by atoms with Crippen molar-refractivity contribution < 1.29 is 14.3 Å². The summed E-state index contributed by atoms with van der Waals surface area (Å²) in [4.78, 5) is 26.2. The molecule has 1 unspecified atom stereocenters. The number of anilines is 1. The summed E-state index contributed by atoms with van der Waals surface area (Å²) in [7, 11) is 1.82. The minimum Gasteiger partial charge on any atom is -0.489 e. The first-order valence-corrected chi connectivity index (χ1v) is 10.9. The van der Waals surface area contributed by atoms with Gasteiger partial charge in [-0.3, -0.25) is 14.5 Å². The van der Waals surface area contributed by atoms with Gasteiger partial charge in [-0.05, 0) is 17.7 Å². The van der Waals surface area contributed by atoms with E-state index in [9.17, 15) is 9.59 Å². The van der Waals surface area contributed by atoms with E-state index in [0.29, 0.717) is 29.8 Å². The van der Waals surface area contributed by atoms with E-state index in [1.54, 1.807) is 4.57 Å². The molecule has 2 heterocycles. The number of para-hydroxylation sites is 2. The summed E-state index contributed by atoms with van der Waals surface area (Å²) in [5.41, 5.74) is 6.99. The Kier molecular flexibility index (Phi) is 6.22. The van der Waals surface area contributed by atoms with Crippen molar-refractivity contribution in [1.29, 1.82) is 0 Å². The molecule has 0 fully saturated rings. The number of carbonyl (C=O) groups is 2. The third-order valence-electron chi connectivity index (χ3n) is 5.13. The van der Waals surface area contributed by atoms with Crippen molar-refractivity contribution in [1.82, 2.24) is 14.8 Å². The predicted octanol–water partition coefficient (Wildman–Crippen LogP) is 2.49. The van der Waals surface area contributed by atoms with Gasteiger partial charge < -0.3 is 15.0 Å². The standard InChI is InChI=1S/C22H23N5O3S/c1-26-20(12-11-19(23)28)24-25-22(26)31-14-21(29)27-16-9-5-6-10-18(16)30-13-17(27)15-7-3-2-4-8-15/h2-10,17H,11-14H2,1H3,(H2,23,28). The predicted molar refractivity (Wildman–Crippen MR) is 118 cm³/mol. The molecule has 1 aliphatic heterocycles. The Morgan fingerprint density at radius 1 is 1.13 bits per heavy atom. The van der Waals surface area contributed by atoms with Gasteiger partial charge in [0.2, 0.25) is 11.8 Å². The molecular formula is C22H23N5O3S. The minimum atomic E-state index is -0.384. The number of fused-ring (bicyclic) bond motifs is 1. The number of nitrogens with two attached hydrogens (primary N) is 1. The zero-order valence-corrected chi connectivity index (χ0v) is 17.9. The van der Waals surface area contributed by atoms with E-state index in [4.69, 9.17) is 10.5 Å². The van der Waals surface area contributed by atoms with Crippen LogP contribution in [0, 0.1) is 0 Å². The number of rotatable bonds is 7. The molecule has 8 nitrogen and oxygen atoms in total. The van der Waals surface area contributed by atoms with Crippen LogP contribution in [0.25, 0.3) is 0 Å². The smallest absolute Gasteiger partial charge is 0.238 e. The Bertz CT molecular complexity index is 1090. The highest BCUT2D eigenvalue weighted by Crippen LogP contribution is 2.39. The third-order valence-corrected chi connectivity index (χ3v) is 6.14. The summed E-state index contributed by atoms with van der Waals surface area (Å²) < 4.78 is 7.73. The number of aryl methyl sites for hydroxylation is 1. The van der Waals surface area contributed by atoms with Crippen molar-refractivity contribution in [3.8, 4) is 5.75 Å². The molecule has 9 heteroatoms. The van der Waals surface area contributed by atoms with Gasteiger partial charge in [-0.1, -0.05) is 54.2 Å². The average Bonchev–Trinajstić information content (AvgIpc) is 3.15. The zero-order valence-electron chi connectivity index (χ0n) is 17.1. The van der Waals surface area contributed by atoms with E-state index >= 15 is 0 Å². The number of nitrogens with zero attached hydrogens (tertiary/aromatic N) is 4. The van der Waals surface area contributed by atoms with Crippen molar-refractivity contribution in [3.63, 3.8) is 0 Å². The normalized spacial score (nSPS) is 15.3.